The second-order valence-corrected chi connectivity index (χ2v) is 7.05. The summed E-state index contributed by atoms with van der Waals surface area (Å²) in [6.45, 7) is 0. The van der Waals surface area contributed by atoms with Gasteiger partial charge in [0.1, 0.15) is 6.16 Å². The Bertz CT molecular complexity index is 687. The van der Waals surface area contributed by atoms with Crippen LogP contribution in [0.2, 0.25) is 0 Å². The molecule has 0 aliphatic heterocycles. The van der Waals surface area contributed by atoms with Gasteiger partial charge in [-0.15, -0.1) is 0 Å². The molecule has 0 aliphatic carbocycles. The predicted molar refractivity (Wildman–Crippen MR) is 97.2 cm³/mol. The molecule has 2 rings (SSSR count). The summed E-state index contributed by atoms with van der Waals surface area (Å²) in [6, 6.07) is 18.9. The molecule has 24 heavy (non-hydrogen) atoms. The average molecular weight is 348 g/mol. The highest BCUT2D eigenvalue weighted by Crippen LogP contribution is 2.45. The van der Waals surface area contributed by atoms with Crippen LogP contribution in [-0.2, 0) is 13.6 Å². The number of anilines is 2. The van der Waals surface area contributed by atoms with E-state index >= 15 is 0 Å². The lowest BCUT2D eigenvalue weighted by Crippen LogP contribution is -2.33. The highest BCUT2D eigenvalue weighted by Gasteiger charge is 2.24. The maximum atomic E-state index is 12.4. The summed E-state index contributed by atoms with van der Waals surface area (Å²) in [4.78, 5) is 0. The predicted octanol–water partition coefficient (Wildman–Crippen LogP) is 3.51. The van der Waals surface area contributed by atoms with E-state index < -0.39 is 7.60 Å². The van der Waals surface area contributed by atoms with Crippen LogP contribution < -0.4 is 16.3 Å². The fourth-order valence-corrected chi connectivity index (χ4v) is 2.72. The SMILES string of the molecule is COP(=O)(CC(=NNc1ccccc1)NNc1ccccc1)OC. The number of amidine groups is 1. The summed E-state index contributed by atoms with van der Waals surface area (Å²) in [7, 11) is -0.564. The van der Waals surface area contributed by atoms with Crippen LogP contribution in [0.4, 0.5) is 11.4 Å². The summed E-state index contributed by atoms with van der Waals surface area (Å²) in [5.41, 5.74) is 10.5. The molecule has 0 amide bonds. The third-order valence-electron chi connectivity index (χ3n) is 3.12. The monoisotopic (exact) mass is 348 g/mol. The van der Waals surface area contributed by atoms with Crippen LogP contribution in [0.25, 0.3) is 0 Å². The Hall–Kier alpha value is -2.34. The maximum Gasteiger partial charge on any atom is 0.337 e. The maximum absolute atomic E-state index is 12.4. The highest BCUT2D eigenvalue weighted by atomic mass is 31.2. The van der Waals surface area contributed by atoms with Gasteiger partial charge in [-0.25, -0.2) is 0 Å². The van der Waals surface area contributed by atoms with E-state index in [4.69, 9.17) is 9.05 Å². The van der Waals surface area contributed by atoms with Crippen molar-refractivity contribution in [2.24, 2.45) is 5.10 Å². The Balaban J connectivity index is 2.09. The number of hydrogen-bond acceptors (Lipinski definition) is 6. The van der Waals surface area contributed by atoms with Crippen LogP contribution in [0.15, 0.2) is 65.8 Å². The van der Waals surface area contributed by atoms with Crippen LogP contribution >= 0.6 is 7.60 Å². The molecular weight excluding hydrogens is 327 g/mol. The third kappa shape index (κ3) is 5.70. The van der Waals surface area contributed by atoms with Gasteiger partial charge in [0, 0.05) is 14.2 Å². The van der Waals surface area contributed by atoms with Crippen LogP contribution in [0, 0.1) is 0 Å². The smallest absolute Gasteiger partial charge is 0.312 e. The van der Waals surface area contributed by atoms with Crippen molar-refractivity contribution in [3.63, 3.8) is 0 Å². The number of nitrogens with one attached hydrogen (secondary N) is 3. The Kier molecular flexibility index (Phi) is 6.81. The van der Waals surface area contributed by atoms with Crippen LogP contribution in [0.5, 0.6) is 0 Å². The number of benzene rings is 2. The van der Waals surface area contributed by atoms with E-state index in [0.717, 1.165) is 11.4 Å². The molecule has 0 radical (unpaired) electrons. The van der Waals surface area contributed by atoms with Gasteiger partial charge in [0.15, 0.2) is 5.84 Å². The molecule has 0 aromatic heterocycles. The van der Waals surface area contributed by atoms with Crippen molar-refractivity contribution in [3.8, 4) is 0 Å². The van der Waals surface area contributed by atoms with E-state index in [-0.39, 0.29) is 6.16 Å². The van der Waals surface area contributed by atoms with Crippen LogP contribution in [0.3, 0.4) is 0 Å². The van der Waals surface area contributed by atoms with Crippen LogP contribution in [0.1, 0.15) is 0 Å². The molecule has 0 atom stereocenters. The Morgan fingerprint density at radius 3 is 2.04 bits per heavy atom. The summed E-state index contributed by atoms with van der Waals surface area (Å²) >= 11 is 0. The van der Waals surface area contributed by atoms with Crippen molar-refractivity contribution in [2.45, 2.75) is 0 Å². The first-order chi connectivity index (χ1) is 11.6. The van der Waals surface area contributed by atoms with Gasteiger partial charge in [0.25, 0.3) is 0 Å². The number of nitrogens with zero attached hydrogens (tertiary/aromatic N) is 1. The number of para-hydroxylation sites is 2. The number of hydrazine groups is 1. The summed E-state index contributed by atoms with van der Waals surface area (Å²) < 4.78 is 22.3. The first-order valence-electron chi connectivity index (χ1n) is 7.30. The van der Waals surface area contributed by atoms with E-state index in [1.54, 1.807) is 0 Å². The molecule has 7 nitrogen and oxygen atoms in total. The zero-order valence-electron chi connectivity index (χ0n) is 13.6. The first-order valence-corrected chi connectivity index (χ1v) is 9.03. The molecule has 0 fully saturated rings. The van der Waals surface area contributed by atoms with Gasteiger partial charge in [-0.2, -0.15) is 5.10 Å². The molecule has 0 bridgehead atoms. The minimum Gasteiger partial charge on any atom is -0.312 e. The molecule has 0 spiro atoms. The summed E-state index contributed by atoms with van der Waals surface area (Å²) in [5.74, 6) is 0.384. The quantitative estimate of drug-likeness (QED) is 0.293. The van der Waals surface area contributed by atoms with Crippen molar-refractivity contribution < 1.29 is 13.6 Å². The topological polar surface area (TPSA) is 84.0 Å². The minimum atomic E-state index is -3.25. The van der Waals surface area contributed by atoms with Crippen molar-refractivity contribution >= 4 is 24.8 Å². The molecule has 0 saturated heterocycles. The third-order valence-corrected chi connectivity index (χ3v) is 4.92. The van der Waals surface area contributed by atoms with Gasteiger partial charge in [-0.05, 0) is 24.3 Å². The first kappa shape index (κ1) is 18.0. The number of hydrogen-bond donors (Lipinski definition) is 3. The summed E-state index contributed by atoms with van der Waals surface area (Å²) in [5, 5.41) is 4.25. The van der Waals surface area contributed by atoms with E-state index in [1.165, 1.54) is 14.2 Å². The molecule has 8 heteroatoms. The Labute approximate surface area is 141 Å². The minimum absolute atomic E-state index is 0.0142. The fourth-order valence-electron chi connectivity index (χ4n) is 1.80. The molecule has 128 valence electrons. The zero-order valence-corrected chi connectivity index (χ0v) is 14.5. The number of hydrazone groups is 1. The second-order valence-electron chi connectivity index (χ2n) is 4.79. The van der Waals surface area contributed by atoms with E-state index in [0.29, 0.717) is 5.84 Å². The largest absolute Gasteiger partial charge is 0.337 e. The molecule has 3 N–H and O–H groups in total. The van der Waals surface area contributed by atoms with Crippen molar-refractivity contribution in [3.05, 3.63) is 60.7 Å². The van der Waals surface area contributed by atoms with Gasteiger partial charge in [0.2, 0.25) is 0 Å². The van der Waals surface area contributed by atoms with E-state index in [9.17, 15) is 4.57 Å². The molecule has 2 aromatic carbocycles. The van der Waals surface area contributed by atoms with Gasteiger partial charge >= 0.3 is 7.60 Å². The second kappa shape index (κ2) is 9.08. The summed E-state index contributed by atoms with van der Waals surface area (Å²) in [6.07, 6.45) is -0.0142. The average Bonchev–Trinajstić information content (AvgIpc) is 2.65. The van der Waals surface area contributed by atoms with Crippen molar-refractivity contribution in [1.29, 1.82) is 0 Å². The van der Waals surface area contributed by atoms with Gasteiger partial charge < -0.3 is 9.05 Å². The van der Waals surface area contributed by atoms with Gasteiger partial charge in [0.05, 0.1) is 11.4 Å². The van der Waals surface area contributed by atoms with Gasteiger partial charge in [-0.3, -0.25) is 20.8 Å². The Morgan fingerprint density at radius 2 is 1.50 bits per heavy atom. The molecule has 0 saturated carbocycles. The standard InChI is InChI=1S/C16H21N4O3P/c1-22-24(21,23-2)13-16(19-17-14-9-5-3-6-10-14)20-18-15-11-7-4-8-12-15/h3-12,17-18H,13H2,1-2H3,(H,19,20). The molecule has 0 aliphatic rings. The molecule has 2 aromatic rings. The van der Waals surface area contributed by atoms with E-state index in [2.05, 4.69) is 21.4 Å². The lowest BCUT2D eigenvalue weighted by molar-refractivity contribution is 0.279. The van der Waals surface area contributed by atoms with E-state index in [1.807, 2.05) is 60.7 Å². The Morgan fingerprint density at radius 1 is 0.958 bits per heavy atom. The molecular formula is C16H21N4O3P. The lowest BCUT2D eigenvalue weighted by atomic mass is 10.3. The van der Waals surface area contributed by atoms with Crippen LogP contribution in [-0.4, -0.2) is 26.2 Å². The normalized spacial score (nSPS) is 11.8. The molecule has 0 heterocycles. The lowest BCUT2D eigenvalue weighted by Gasteiger charge is -2.17. The number of rotatable bonds is 8. The fraction of sp³-hybridized carbons (Fsp3) is 0.188. The highest BCUT2D eigenvalue weighted by molar-refractivity contribution is 7.54. The van der Waals surface area contributed by atoms with Crippen molar-refractivity contribution in [2.75, 3.05) is 31.2 Å². The molecule has 0 unspecified atom stereocenters. The zero-order chi connectivity index (χ0) is 17.3. The van der Waals surface area contributed by atoms with Gasteiger partial charge in [-0.1, -0.05) is 36.4 Å². The van der Waals surface area contributed by atoms with Crippen molar-refractivity contribution in [1.82, 2.24) is 5.43 Å².